The molecular formula is C15H16ClN3O. The lowest BCUT2D eigenvalue weighted by molar-refractivity contribution is 0.410. The van der Waals surface area contributed by atoms with E-state index in [1.807, 2.05) is 18.2 Å². The summed E-state index contributed by atoms with van der Waals surface area (Å²) < 4.78 is 5.35. The molecule has 3 rings (SSSR count). The maximum absolute atomic E-state index is 6.24. The minimum Gasteiger partial charge on any atom is -0.496 e. The first-order valence-electron chi connectivity index (χ1n) is 6.67. The third kappa shape index (κ3) is 2.43. The molecule has 0 saturated carbocycles. The van der Waals surface area contributed by atoms with Crippen LogP contribution in [0.15, 0.2) is 24.5 Å². The van der Waals surface area contributed by atoms with E-state index < -0.39 is 0 Å². The summed E-state index contributed by atoms with van der Waals surface area (Å²) in [6.45, 7) is 0.590. The SMILES string of the molecule is COc1cccc(Cl)c1CNc1ncnc2c1CCC2. The number of anilines is 1. The van der Waals surface area contributed by atoms with E-state index in [4.69, 9.17) is 16.3 Å². The topological polar surface area (TPSA) is 47.0 Å². The van der Waals surface area contributed by atoms with Gasteiger partial charge in [0.05, 0.1) is 7.11 Å². The molecular weight excluding hydrogens is 274 g/mol. The van der Waals surface area contributed by atoms with E-state index >= 15 is 0 Å². The summed E-state index contributed by atoms with van der Waals surface area (Å²) in [5.74, 6) is 1.70. The Labute approximate surface area is 123 Å². The average molecular weight is 290 g/mol. The third-order valence-electron chi connectivity index (χ3n) is 3.60. The third-order valence-corrected chi connectivity index (χ3v) is 3.96. The fraction of sp³-hybridized carbons (Fsp3) is 0.333. The van der Waals surface area contributed by atoms with E-state index in [2.05, 4.69) is 15.3 Å². The highest BCUT2D eigenvalue weighted by molar-refractivity contribution is 6.31. The number of hydrogen-bond donors (Lipinski definition) is 1. The molecule has 1 aromatic carbocycles. The first kappa shape index (κ1) is 13.2. The van der Waals surface area contributed by atoms with Gasteiger partial charge in [-0.05, 0) is 31.4 Å². The molecule has 1 heterocycles. The van der Waals surface area contributed by atoms with Crippen LogP contribution in [0.3, 0.4) is 0 Å². The zero-order valence-electron chi connectivity index (χ0n) is 11.3. The van der Waals surface area contributed by atoms with Crippen molar-refractivity contribution < 1.29 is 4.74 Å². The van der Waals surface area contributed by atoms with Gasteiger partial charge < -0.3 is 10.1 Å². The number of ether oxygens (including phenoxy) is 1. The van der Waals surface area contributed by atoms with Crippen LogP contribution < -0.4 is 10.1 Å². The Morgan fingerprint density at radius 2 is 2.20 bits per heavy atom. The second-order valence-electron chi connectivity index (χ2n) is 4.78. The number of hydrogen-bond acceptors (Lipinski definition) is 4. The van der Waals surface area contributed by atoms with Gasteiger partial charge >= 0.3 is 0 Å². The minimum absolute atomic E-state index is 0.590. The summed E-state index contributed by atoms with van der Waals surface area (Å²) in [6.07, 6.45) is 4.86. The van der Waals surface area contributed by atoms with Crippen LogP contribution in [0.25, 0.3) is 0 Å². The van der Waals surface area contributed by atoms with E-state index in [1.54, 1.807) is 13.4 Å². The Kier molecular flexibility index (Phi) is 3.74. The summed E-state index contributed by atoms with van der Waals surface area (Å²) >= 11 is 6.24. The lowest BCUT2D eigenvalue weighted by Gasteiger charge is -2.13. The van der Waals surface area contributed by atoms with Crippen LogP contribution in [0, 0.1) is 0 Å². The number of aryl methyl sites for hydroxylation is 1. The molecule has 1 aliphatic rings. The smallest absolute Gasteiger partial charge is 0.133 e. The van der Waals surface area contributed by atoms with Crippen LogP contribution in [-0.4, -0.2) is 17.1 Å². The van der Waals surface area contributed by atoms with E-state index in [1.165, 1.54) is 5.56 Å². The number of rotatable bonds is 4. The predicted octanol–water partition coefficient (Wildman–Crippen LogP) is 3.24. The number of methoxy groups -OCH3 is 1. The molecule has 1 aliphatic carbocycles. The van der Waals surface area contributed by atoms with Crippen molar-refractivity contribution in [3.63, 3.8) is 0 Å². The van der Waals surface area contributed by atoms with E-state index in [9.17, 15) is 0 Å². The van der Waals surface area contributed by atoms with Gasteiger partial charge in [-0.1, -0.05) is 17.7 Å². The maximum Gasteiger partial charge on any atom is 0.133 e. The Bertz CT molecular complexity index is 631. The molecule has 0 saturated heterocycles. The number of nitrogens with one attached hydrogen (secondary N) is 1. The molecule has 4 nitrogen and oxygen atoms in total. The zero-order valence-corrected chi connectivity index (χ0v) is 12.1. The fourth-order valence-corrected chi connectivity index (χ4v) is 2.82. The Balaban J connectivity index is 1.83. The number of benzene rings is 1. The summed E-state index contributed by atoms with van der Waals surface area (Å²) in [7, 11) is 1.65. The molecule has 5 heteroatoms. The van der Waals surface area contributed by atoms with Crippen molar-refractivity contribution >= 4 is 17.4 Å². The van der Waals surface area contributed by atoms with Gasteiger partial charge in [0.2, 0.25) is 0 Å². The zero-order chi connectivity index (χ0) is 13.9. The second-order valence-corrected chi connectivity index (χ2v) is 5.18. The number of aromatic nitrogens is 2. The van der Waals surface area contributed by atoms with Crippen molar-refractivity contribution in [3.05, 3.63) is 46.4 Å². The average Bonchev–Trinajstić information content (AvgIpc) is 2.94. The van der Waals surface area contributed by atoms with Crippen LogP contribution in [0.5, 0.6) is 5.75 Å². The first-order valence-corrected chi connectivity index (χ1v) is 7.05. The van der Waals surface area contributed by atoms with Gasteiger partial charge in [-0.15, -0.1) is 0 Å². The molecule has 0 radical (unpaired) electrons. The molecule has 20 heavy (non-hydrogen) atoms. The van der Waals surface area contributed by atoms with Crippen LogP contribution >= 0.6 is 11.6 Å². The maximum atomic E-state index is 6.24. The van der Waals surface area contributed by atoms with Gasteiger partial charge in [0.25, 0.3) is 0 Å². The molecule has 0 spiro atoms. The molecule has 0 atom stereocenters. The first-order chi connectivity index (χ1) is 9.79. The van der Waals surface area contributed by atoms with Crippen molar-refractivity contribution in [2.24, 2.45) is 0 Å². The molecule has 0 unspecified atom stereocenters. The standard InChI is InChI=1S/C15H16ClN3O/c1-20-14-7-3-5-12(16)11(14)8-17-15-10-4-2-6-13(10)18-9-19-15/h3,5,7,9H,2,4,6,8H2,1H3,(H,17,18,19). The van der Waals surface area contributed by atoms with Crippen LogP contribution in [-0.2, 0) is 19.4 Å². The second kappa shape index (κ2) is 5.67. The van der Waals surface area contributed by atoms with Crippen molar-refractivity contribution in [3.8, 4) is 5.75 Å². The summed E-state index contributed by atoms with van der Waals surface area (Å²) in [5.41, 5.74) is 3.34. The Morgan fingerprint density at radius 3 is 3.05 bits per heavy atom. The lowest BCUT2D eigenvalue weighted by atomic mass is 10.2. The highest BCUT2D eigenvalue weighted by Gasteiger charge is 2.17. The number of nitrogens with zero attached hydrogens (tertiary/aromatic N) is 2. The minimum atomic E-state index is 0.590. The molecule has 104 valence electrons. The Hall–Kier alpha value is -1.81. The molecule has 1 aromatic heterocycles. The summed E-state index contributed by atoms with van der Waals surface area (Å²) in [6, 6.07) is 5.66. The highest BCUT2D eigenvalue weighted by Crippen LogP contribution is 2.29. The van der Waals surface area contributed by atoms with Gasteiger partial charge in [0.15, 0.2) is 0 Å². The molecule has 0 amide bonds. The van der Waals surface area contributed by atoms with Crippen LogP contribution in [0.1, 0.15) is 23.2 Å². The van der Waals surface area contributed by atoms with Crippen molar-refractivity contribution in [2.75, 3.05) is 12.4 Å². The van der Waals surface area contributed by atoms with E-state index in [-0.39, 0.29) is 0 Å². The molecule has 0 fully saturated rings. The number of fused-ring (bicyclic) bond motifs is 1. The normalized spacial score (nSPS) is 13.1. The van der Waals surface area contributed by atoms with Crippen LogP contribution in [0.4, 0.5) is 5.82 Å². The Morgan fingerprint density at radius 1 is 1.30 bits per heavy atom. The summed E-state index contributed by atoms with van der Waals surface area (Å²) in [4.78, 5) is 8.67. The van der Waals surface area contributed by atoms with Gasteiger partial charge in [0.1, 0.15) is 17.9 Å². The van der Waals surface area contributed by atoms with Gasteiger partial charge in [0, 0.05) is 28.4 Å². The van der Waals surface area contributed by atoms with Gasteiger partial charge in [-0.25, -0.2) is 9.97 Å². The van der Waals surface area contributed by atoms with Gasteiger partial charge in [-0.3, -0.25) is 0 Å². The van der Waals surface area contributed by atoms with Gasteiger partial charge in [-0.2, -0.15) is 0 Å². The lowest BCUT2D eigenvalue weighted by Crippen LogP contribution is -2.07. The predicted molar refractivity (Wildman–Crippen MR) is 79.4 cm³/mol. The number of halogens is 1. The van der Waals surface area contributed by atoms with E-state index in [0.717, 1.165) is 42.1 Å². The molecule has 0 bridgehead atoms. The molecule has 2 aromatic rings. The van der Waals surface area contributed by atoms with Crippen molar-refractivity contribution in [1.29, 1.82) is 0 Å². The van der Waals surface area contributed by atoms with E-state index in [0.29, 0.717) is 11.6 Å². The molecule has 1 N–H and O–H groups in total. The molecule has 0 aliphatic heterocycles. The monoisotopic (exact) mass is 289 g/mol. The van der Waals surface area contributed by atoms with Crippen LogP contribution in [0.2, 0.25) is 5.02 Å². The highest BCUT2D eigenvalue weighted by atomic mass is 35.5. The summed E-state index contributed by atoms with van der Waals surface area (Å²) in [5, 5.41) is 4.06. The van der Waals surface area contributed by atoms with Crippen molar-refractivity contribution in [1.82, 2.24) is 9.97 Å². The quantitative estimate of drug-likeness (QED) is 0.939. The largest absolute Gasteiger partial charge is 0.496 e. The van der Waals surface area contributed by atoms with Crippen molar-refractivity contribution in [2.45, 2.75) is 25.8 Å². The fourth-order valence-electron chi connectivity index (χ4n) is 2.59.